The molecule has 4 aromatic rings. The van der Waals surface area contributed by atoms with Crippen molar-refractivity contribution in [2.45, 2.75) is 58.8 Å². The van der Waals surface area contributed by atoms with Crippen LogP contribution in [0.15, 0.2) is 28.9 Å². The molecule has 3 aromatic heterocycles. The smallest absolute Gasteiger partial charge is 0.227 e. The second-order valence-corrected chi connectivity index (χ2v) is 10.2. The molecule has 0 amide bonds. The van der Waals surface area contributed by atoms with Crippen LogP contribution in [0.1, 0.15) is 67.3 Å². The van der Waals surface area contributed by atoms with E-state index in [1.54, 1.807) is 0 Å². The van der Waals surface area contributed by atoms with Crippen molar-refractivity contribution in [1.82, 2.24) is 29.7 Å². The predicted molar refractivity (Wildman–Crippen MR) is 128 cm³/mol. The maximum atomic E-state index is 5.67. The van der Waals surface area contributed by atoms with Crippen molar-refractivity contribution in [2.75, 3.05) is 18.0 Å². The zero-order valence-corrected chi connectivity index (χ0v) is 20.3. The molecule has 1 atom stereocenters. The molecule has 1 fully saturated rings. The average Bonchev–Trinajstić information content (AvgIpc) is 3.49. The van der Waals surface area contributed by atoms with E-state index < -0.39 is 0 Å². The van der Waals surface area contributed by atoms with Gasteiger partial charge in [0.25, 0.3) is 0 Å². The molecule has 1 saturated heterocycles. The molecule has 1 aliphatic heterocycles. The molecule has 0 radical (unpaired) electrons. The van der Waals surface area contributed by atoms with E-state index >= 15 is 0 Å². The average molecular weight is 446 g/mol. The molecule has 0 bridgehead atoms. The number of anilines is 1. The number of aryl methyl sites for hydroxylation is 3. The van der Waals surface area contributed by atoms with Gasteiger partial charge >= 0.3 is 0 Å². The second kappa shape index (κ2) is 7.93. The van der Waals surface area contributed by atoms with Gasteiger partial charge in [-0.25, -0.2) is 9.97 Å². The van der Waals surface area contributed by atoms with Crippen LogP contribution in [0, 0.1) is 13.8 Å². The minimum absolute atomic E-state index is 0.0960. The summed E-state index contributed by atoms with van der Waals surface area (Å²) in [5.74, 6) is 2.22. The Bertz CT molecular complexity index is 1310. The van der Waals surface area contributed by atoms with E-state index in [2.05, 4.69) is 66.0 Å². The standard InChI is InChI=1S/C25H31N7O/c1-15-7-8-19(25(3,4)5)11-18(15)12-20-21-22(26-14-31(21)6)28-24(27-20)32-10-9-17(13-32)23-30-29-16(2)33-23/h7-8,11,14,17H,9-10,12-13H2,1-6H3/t17-/m1/s1. The third-order valence-corrected chi connectivity index (χ3v) is 6.57. The van der Waals surface area contributed by atoms with Crippen LogP contribution in [0.4, 0.5) is 5.95 Å². The van der Waals surface area contributed by atoms with Gasteiger partial charge in [-0.15, -0.1) is 10.2 Å². The Morgan fingerprint density at radius 1 is 1.12 bits per heavy atom. The van der Waals surface area contributed by atoms with Gasteiger partial charge in [-0.1, -0.05) is 39.0 Å². The van der Waals surface area contributed by atoms with Gasteiger partial charge < -0.3 is 13.9 Å². The fourth-order valence-electron chi connectivity index (χ4n) is 4.52. The topological polar surface area (TPSA) is 85.8 Å². The fourth-order valence-corrected chi connectivity index (χ4v) is 4.52. The maximum absolute atomic E-state index is 5.67. The zero-order valence-electron chi connectivity index (χ0n) is 20.3. The first-order valence-corrected chi connectivity index (χ1v) is 11.5. The summed E-state index contributed by atoms with van der Waals surface area (Å²) < 4.78 is 7.69. The Hall–Kier alpha value is -3.29. The quantitative estimate of drug-likeness (QED) is 0.464. The second-order valence-electron chi connectivity index (χ2n) is 10.2. The first-order chi connectivity index (χ1) is 15.7. The summed E-state index contributed by atoms with van der Waals surface area (Å²) in [6.45, 7) is 12.3. The lowest BCUT2D eigenvalue weighted by Crippen LogP contribution is -2.22. The molecule has 33 heavy (non-hydrogen) atoms. The van der Waals surface area contributed by atoms with Gasteiger partial charge in [0.15, 0.2) is 5.65 Å². The van der Waals surface area contributed by atoms with Crippen molar-refractivity contribution < 1.29 is 4.42 Å². The third-order valence-electron chi connectivity index (χ3n) is 6.57. The van der Waals surface area contributed by atoms with Crippen LogP contribution in [0.2, 0.25) is 0 Å². The van der Waals surface area contributed by atoms with Gasteiger partial charge in [0.05, 0.1) is 17.9 Å². The Labute approximate surface area is 194 Å². The van der Waals surface area contributed by atoms with Crippen molar-refractivity contribution in [3.63, 3.8) is 0 Å². The number of nitrogens with zero attached hydrogens (tertiary/aromatic N) is 7. The number of imidazole rings is 1. The number of benzene rings is 1. The van der Waals surface area contributed by atoms with E-state index in [4.69, 9.17) is 14.4 Å². The molecule has 4 heterocycles. The number of hydrogen-bond acceptors (Lipinski definition) is 7. The van der Waals surface area contributed by atoms with Crippen LogP contribution < -0.4 is 4.90 Å². The summed E-state index contributed by atoms with van der Waals surface area (Å²) in [5, 5.41) is 8.21. The van der Waals surface area contributed by atoms with E-state index in [0.717, 1.165) is 48.7 Å². The van der Waals surface area contributed by atoms with Crippen molar-refractivity contribution in [3.8, 4) is 0 Å². The largest absolute Gasteiger partial charge is 0.425 e. The molecule has 8 heteroatoms. The highest BCUT2D eigenvalue weighted by Gasteiger charge is 2.30. The van der Waals surface area contributed by atoms with Crippen LogP contribution in [0.5, 0.6) is 0 Å². The monoisotopic (exact) mass is 445 g/mol. The SMILES string of the molecule is Cc1nnc([C@@H]2CCN(c3nc(Cc4cc(C(C)(C)C)ccc4C)c4c(ncn4C)n3)C2)o1. The predicted octanol–water partition coefficient (Wildman–Crippen LogP) is 4.25. The molecule has 8 nitrogen and oxygen atoms in total. The minimum Gasteiger partial charge on any atom is -0.425 e. The van der Waals surface area contributed by atoms with Gasteiger partial charge in [-0.3, -0.25) is 0 Å². The highest BCUT2D eigenvalue weighted by Crippen LogP contribution is 2.31. The summed E-state index contributed by atoms with van der Waals surface area (Å²) in [6.07, 6.45) is 3.49. The molecule has 0 saturated carbocycles. The van der Waals surface area contributed by atoms with Crippen molar-refractivity contribution >= 4 is 17.1 Å². The highest BCUT2D eigenvalue weighted by molar-refractivity contribution is 5.75. The Balaban J connectivity index is 1.50. The molecule has 0 N–H and O–H groups in total. The summed E-state index contributed by atoms with van der Waals surface area (Å²) in [4.78, 5) is 16.6. The van der Waals surface area contributed by atoms with Gasteiger partial charge in [0.2, 0.25) is 17.7 Å². The fraction of sp³-hybridized carbons (Fsp3) is 0.480. The van der Waals surface area contributed by atoms with Gasteiger partial charge in [0, 0.05) is 33.5 Å². The number of aromatic nitrogens is 6. The molecular formula is C25H31N7O. The molecular weight excluding hydrogens is 414 g/mol. The van der Waals surface area contributed by atoms with E-state index in [0.29, 0.717) is 11.8 Å². The molecule has 0 spiro atoms. The van der Waals surface area contributed by atoms with Crippen molar-refractivity contribution in [1.29, 1.82) is 0 Å². The van der Waals surface area contributed by atoms with Crippen LogP contribution in [-0.2, 0) is 18.9 Å². The summed E-state index contributed by atoms with van der Waals surface area (Å²) >= 11 is 0. The Morgan fingerprint density at radius 3 is 2.67 bits per heavy atom. The maximum Gasteiger partial charge on any atom is 0.227 e. The summed E-state index contributed by atoms with van der Waals surface area (Å²) in [5.41, 5.74) is 6.71. The Kier molecular flexibility index (Phi) is 5.18. The first-order valence-electron chi connectivity index (χ1n) is 11.5. The van der Waals surface area contributed by atoms with E-state index in [1.165, 1.54) is 16.7 Å². The molecule has 1 aliphatic rings. The van der Waals surface area contributed by atoms with Crippen LogP contribution >= 0.6 is 0 Å². The number of hydrogen-bond donors (Lipinski definition) is 0. The van der Waals surface area contributed by atoms with Gasteiger partial charge in [0.1, 0.15) is 5.52 Å². The molecule has 0 aliphatic carbocycles. The zero-order chi connectivity index (χ0) is 23.3. The van der Waals surface area contributed by atoms with Gasteiger partial charge in [-0.2, -0.15) is 4.98 Å². The number of rotatable bonds is 4. The highest BCUT2D eigenvalue weighted by atomic mass is 16.4. The van der Waals surface area contributed by atoms with E-state index in [9.17, 15) is 0 Å². The summed E-state index contributed by atoms with van der Waals surface area (Å²) in [7, 11) is 2.00. The van der Waals surface area contributed by atoms with Crippen LogP contribution in [0.25, 0.3) is 11.2 Å². The molecule has 172 valence electrons. The van der Waals surface area contributed by atoms with Crippen LogP contribution in [-0.4, -0.2) is 42.8 Å². The molecule has 5 rings (SSSR count). The lowest BCUT2D eigenvalue weighted by Gasteiger charge is -2.21. The number of fused-ring (bicyclic) bond motifs is 1. The first kappa shape index (κ1) is 21.6. The summed E-state index contributed by atoms with van der Waals surface area (Å²) in [6, 6.07) is 6.77. The molecule has 1 aromatic carbocycles. The lowest BCUT2D eigenvalue weighted by atomic mass is 9.84. The third kappa shape index (κ3) is 4.10. The Morgan fingerprint density at radius 2 is 1.94 bits per heavy atom. The van der Waals surface area contributed by atoms with Crippen molar-refractivity contribution in [2.24, 2.45) is 7.05 Å². The van der Waals surface area contributed by atoms with Crippen LogP contribution in [0.3, 0.4) is 0 Å². The van der Waals surface area contributed by atoms with Crippen molar-refractivity contribution in [3.05, 3.63) is 58.7 Å². The van der Waals surface area contributed by atoms with E-state index in [-0.39, 0.29) is 11.3 Å². The minimum atomic E-state index is 0.0960. The normalized spacial score (nSPS) is 16.8. The molecule has 0 unspecified atom stereocenters. The van der Waals surface area contributed by atoms with E-state index in [1.807, 2.05) is 24.9 Å². The van der Waals surface area contributed by atoms with Gasteiger partial charge in [-0.05, 0) is 35.4 Å². The lowest BCUT2D eigenvalue weighted by molar-refractivity contribution is 0.438.